The molecule has 144 valence electrons. The van der Waals surface area contributed by atoms with E-state index in [1.54, 1.807) is 0 Å². The molecule has 1 atom stereocenters. The van der Waals surface area contributed by atoms with Gasteiger partial charge in [-0.2, -0.15) is 0 Å². The molecule has 24 heavy (non-hydrogen) atoms. The molecule has 0 saturated heterocycles. The second-order valence-electron chi connectivity index (χ2n) is 7.33. The minimum atomic E-state index is 0.0352. The van der Waals surface area contributed by atoms with Crippen LogP contribution < -0.4 is 0 Å². The molecule has 0 aromatic carbocycles. The van der Waals surface area contributed by atoms with Gasteiger partial charge in [-0.3, -0.25) is 4.79 Å². The maximum Gasteiger partial charge on any atom is 0.306 e. The lowest BCUT2D eigenvalue weighted by Gasteiger charge is -2.18. The van der Waals surface area contributed by atoms with E-state index in [-0.39, 0.29) is 12.1 Å². The third kappa shape index (κ3) is 16.3. The average molecular weight is 341 g/mol. The molecule has 0 saturated carbocycles. The van der Waals surface area contributed by atoms with E-state index in [9.17, 15) is 4.79 Å². The summed E-state index contributed by atoms with van der Waals surface area (Å²) in [5.41, 5.74) is 0. The van der Waals surface area contributed by atoms with Crippen molar-refractivity contribution in [2.24, 2.45) is 0 Å². The molecule has 0 amide bonds. The van der Waals surface area contributed by atoms with Crippen molar-refractivity contribution >= 4 is 5.97 Å². The van der Waals surface area contributed by atoms with Crippen molar-refractivity contribution in [1.29, 1.82) is 0 Å². The topological polar surface area (TPSA) is 26.3 Å². The Kier molecular flexibility index (Phi) is 18.4. The SMILES string of the molecule is CCCCCCCCC(CCCCCCC)OC(=O)CCCCC. The van der Waals surface area contributed by atoms with Gasteiger partial charge < -0.3 is 4.74 Å². The quantitative estimate of drug-likeness (QED) is 0.190. The standard InChI is InChI=1S/C22H44O2/c1-4-7-10-12-14-17-19-21(18-16-13-11-8-5-2)24-22(23)20-15-9-6-3/h21H,4-20H2,1-3H3. The average Bonchev–Trinajstić information content (AvgIpc) is 2.57. The van der Waals surface area contributed by atoms with Gasteiger partial charge in [-0.05, 0) is 32.1 Å². The Balaban J connectivity index is 3.96. The lowest BCUT2D eigenvalue weighted by Crippen LogP contribution is -2.18. The highest BCUT2D eigenvalue weighted by molar-refractivity contribution is 5.69. The van der Waals surface area contributed by atoms with Crippen LogP contribution in [0.1, 0.15) is 130 Å². The predicted molar refractivity (Wildman–Crippen MR) is 105 cm³/mol. The zero-order valence-electron chi connectivity index (χ0n) is 16.9. The van der Waals surface area contributed by atoms with Gasteiger partial charge in [0.15, 0.2) is 0 Å². The second kappa shape index (κ2) is 18.8. The predicted octanol–water partition coefficient (Wildman–Crippen LogP) is 7.59. The number of ether oxygens (including phenoxy) is 1. The summed E-state index contributed by atoms with van der Waals surface area (Å²) in [6, 6.07) is 0. The number of hydrogen-bond donors (Lipinski definition) is 0. The second-order valence-corrected chi connectivity index (χ2v) is 7.33. The van der Waals surface area contributed by atoms with Crippen molar-refractivity contribution in [3.8, 4) is 0 Å². The fraction of sp³-hybridized carbons (Fsp3) is 0.955. The summed E-state index contributed by atoms with van der Waals surface area (Å²) < 4.78 is 5.79. The third-order valence-corrected chi connectivity index (χ3v) is 4.79. The summed E-state index contributed by atoms with van der Waals surface area (Å²) in [4.78, 5) is 12.0. The summed E-state index contributed by atoms with van der Waals surface area (Å²) in [6.07, 6.45) is 20.5. The van der Waals surface area contributed by atoms with E-state index in [0.717, 1.165) is 32.1 Å². The molecule has 0 spiro atoms. The molecule has 0 aliphatic carbocycles. The number of carbonyl (C=O) groups excluding carboxylic acids is 1. The summed E-state index contributed by atoms with van der Waals surface area (Å²) in [5, 5.41) is 0. The molecule has 2 nitrogen and oxygen atoms in total. The van der Waals surface area contributed by atoms with Gasteiger partial charge >= 0.3 is 5.97 Å². The number of esters is 1. The molecule has 1 unspecified atom stereocenters. The Morgan fingerprint density at radius 1 is 0.625 bits per heavy atom. The molecular weight excluding hydrogens is 296 g/mol. The van der Waals surface area contributed by atoms with E-state index in [0.29, 0.717) is 6.42 Å². The van der Waals surface area contributed by atoms with Crippen molar-refractivity contribution < 1.29 is 9.53 Å². The van der Waals surface area contributed by atoms with Gasteiger partial charge in [-0.1, -0.05) is 91.4 Å². The highest BCUT2D eigenvalue weighted by Gasteiger charge is 2.14. The third-order valence-electron chi connectivity index (χ3n) is 4.79. The highest BCUT2D eigenvalue weighted by atomic mass is 16.5. The molecule has 0 radical (unpaired) electrons. The van der Waals surface area contributed by atoms with Gasteiger partial charge in [0.25, 0.3) is 0 Å². The fourth-order valence-corrected chi connectivity index (χ4v) is 3.15. The van der Waals surface area contributed by atoms with E-state index in [1.165, 1.54) is 70.6 Å². The van der Waals surface area contributed by atoms with Gasteiger partial charge in [0.2, 0.25) is 0 Å². The molecule has 0 heterocycles. The van der Waals surface area contributed by atoms with Gasteiger partial charge in [-0.25, -0.2) is 0 Å². The zero-order valence-corrected chi connectivity index (χ0v) is 16.9. The molecule has 0 aromatic rings. The maximum absolute atomic E-state index is 12.0. The van der Waals surface area contributed by atoms with Crippen LogP contribution in [0.4, 0.5) is 0 Å². The van der Waals surface area contributed by atoms with E-state index >= 15 is 0 Å². The lowest BCUT2D eigenvalue weighted by atomic mass is 10.0. The number of rotatable bonds is 18. The Morgan fingerprint density at radius 2 is 1.04 bits per heavy atom. The highest BCUT2D eigenvalue weighted by Crippen LogP contribution is 2.17. The largest absolute Gasteiger partial charge is 0.462 e. The van der Waals surface area contributed by atoms with Crippen molar-refractivity contribution in [1.82, 2.24) is 0 Å². The van der Waals surface area contributed by atoms with E-state index in [4.69, 9.17) is 4.74 Å². The van der Waals surface area contributed by atoms with Crippen LogP contribution in [-0.4, -0.2) is 12.1 Å². The first kappa shape index (κ1) is 23.5. The first-order valence-electron chi connectivity index (χ1n) is 10.9. The van der Waals surface area contributed by atoms with Crippen molar-refractivity contribution in [3.05, 3.63) is 0 Å². The normalized spacial score (nSPS) is 12.3. The first-order valence-corrected chi connectivity index (χ1v) is 10.9. The van der Waals surface area contributed by atoms with Crippen LogP contribution in [0.15, 0.2) is 0 Å². The van der Waals surface area contributed by atoms with Gasteiger partial charge in [-0.15, -0.1) is 0 Å². The molecule has 0 aromatic heterocycles. The minimum absolute atomic E-state index is 0.0352. The van der Waals surface area contributed by atoms with Crippen LogP contribution in [0.3, 0.4) is 0 Å². The summed E-state index contributed by atoms with van der Waals surface area (Å²) >= 11 is 0. The van der Waals surface area contributed by atoms with Crippen LogP contribution in [0.5, 0.6) is 0 Å². The molecule has 0 bridgehead atoms. The molecule has 0 aliphatic heterocycles. The van der Waals surface area contributed by atoms with E-state index in [2.05, 4.69) is 20.8 Å². The molecule has 2 heteroatoms. The minimum Gasteiger partial charge on any atom is -0.462 e. The van der Waals surface area contributed by atoms with Crippen molar-refractivity contribution in [3.63, 3.8) is 0 Å². The van der Waals surface area contributed by atoms with Gasteiger partial charge in [0, 0.05) is 6.42 Å². The molecule has 0 aliphatic rings. The Morgan fingerprint density at radius 3 is 1.54 bits per heavy atom. The molecule has 0 N–H and O–H groups in total. The van der Waals surface area contributed by atoms with Gasteiger partial charge in [0.05, 0.1) is 0 Å². The smallest absolute Gasteiger partial charge is 0.306 e. The Labute approximate surface area is 152 Å². The van der Waals surface area contributed by atoms with Crippen molar-refractivity contribution in [2.75, 3.05) is 0 Å². The molecule has 0 rings (SSSR count). The van der Waals surface area contributed by atoms with Crippen LogP contribution in [0, 0.1) is 0 Å². The number of unbranched alkanes of at least 4 members (excludes halogenated alkanes) is 11. The fourth-order valence-electron chi connectivity index (χ4n) is 3.15. The van der Waals surface area contributed by atoms with Crippen LogP contribution in [-0.2, 0) is 9.53 Å². The van der Waals surface area contributed by atoms with Crippen LogP contribution in [0.25, 0.3) is 0 Å². The van der Waals surface area contributed by atoms with E-state index < -0.39 is 0 Å². The molecule has 0 fully saturated rings. The van der Waals surface area contributed by atoms with Crippen LogP contribution >= 0.6 is 0 Å². The lowest BCUT2D eigenvalue weighted by molar-refractivity contribution is -0.150. The number of carbonyl (C=O) groups is 1. The Hall–Kier alpha value is -0.530. The molecular formula is C22H44O2. The summed E-state index contributed by atoms with van der Waals surface area (Å²) in [7, 11) is 0. The monoisotopic (exact) mass is 340 g/mol. The zero-order chi connectivity index (χ0) is 17.9. The van der Waals surface area contributed by atoms with Crippen molar-refractivity contribution in [2.45, 2.75) is 136 Å². The number of hydrogen-bond acceptors (Lipinski definition) is 2. The summed E-state index contributed by atoms with van der Waals surface area (Å²) in [5.74, 6) is 0.0352. The summed E-state index contributed by atoms with van der Waals surface area (Å²) in [6.45, 7) is 6.68. The maximum atomic E-state index is 12.0. The van der Waals surface area contributed by atoms with E-state index in [1.807, 2.05) is 0 Å². The Bertz CT molecular complexity index is 263. The van der Waals surface area contributed by atoms with Crippen LogP contribution in [0.2, 0.25) is 0 Å². The first-order chi connectivity index (χ1) is 11.7. The van der Waals surface area contributed by atoms with Gasteiger partial charge in [0.1, 0.15) is 6.10 Å².